The lowest BCUT2D eigenvalue weighted by Crippen LogP contribution is -2.29. The highest BCUT2D eigenvalue weighted by Crippen LogP contribution is 2.29. The zero-order chi connectivity index (χ0) is 14.1. The number of rotatable bonds is 3. The van der Waals surface area contributed by atoms with Crippen molar-refractivity contribution in [2.24, 2.45) is 11.3 Å². The van der Waals surface area contributed by atoms with Gasteiger partial charge in [-0.05, 0) is 32.1 Å². The molecule has 1 N–H and O–H groups in total. The molecule has 0 saturated carbocycles. The summed E-state index contributed by atoms with van der Waals surface area (Å²) >= 11 is 0. The standard InChI is InChI=1S/C14H27N3O/c1-10(13(2,3)4)8-11-15-16-12(9-18)17(11)14(5,6)7/h10,18H,8-9H2,1-7H3. The summed E-state index contributed by atoms with van der Waals surface area (Å²) in [7, 11) is 0. The number of aliphatic hydroxyl groups excluding tert-OH is 1. The summed E-state index contributed by atoms with van der Waals surface area (Å²) in [6.45, 7) is 15.2. The van der Waals surface area contributed by atoms with Crippen LogP contribution in [0.5, 0.6) is 0 Å². The molecule has 0 aromatic carbocycles. The third-order valence-corrected chi connectivity index (χ3v) is 3.58. The molecule has 18 heavy (non-hydrogen) atoms. The van der Waals surface area contributed by atoms with Gasteiger partial charge < -0.3 is 9.67 Å². The summed E-state index contributed by atoms with van der Waals surface area (Å²) in [5.74, 6) is 2.13. The monoisotopic (exact) mass is 253 g/mol. The Bertz CT molecular complexity index is 396. The molecular formula is C14H27N3O. The zero-order valence-electron chi connectivity index (χ0n) is 12.8. The largest absolute Gasteiger partial charge is 0.388 e. The molecule has 0 fully saturated rings. The van der Waals surface area contributed by atoms with Crippen molar-refractivity contribution >= 4 is 0 Å². The Kier molecular flexibility index (Phi) is 4.21. The summed E-state index contributed by atoms with van der Waals surface area (Å²) in [5.41, 5.74) is 0.141. The molecule has 0 bridgehead atoms. The Hall–Kier alpha value is -0.900. The average molecular weight is 253 g/mol. The Labute approximate surface area is 110 Å². The SMILES string of the molecule is CC(Cc1nnc(CO)n1C(C)(C)C)C(C)(C)C. The van der Waals surface area contributed by atoms with Gasteiger partial charge in [0.25, 0.3) is 0 Å². The van der Waals surface area contributed by atoms with Crippen molar-refractivity contribution in [1.29, 1.82) is 0 Å². The summed E-state index contributed by atoms with van der Waals surface area (Å²) in [4.78, 5) is 0. The minimum Gasteiger partial charge on any atom is -0.388 e. The molecule has 104 valence electrons. The van der Waals surface area contributed by atoms with E-state index in [9.17, 15) is 5.11 Å². The van der Waals surface area contributed by atoms with Crippen molar-refractivity contribution < 1.29 is 5.11 Å². The van der Waals surface area contributed by atoms with Crippen LogP contribution in [0.15, 0.2) is 0 Å². The summed E-state index contributed by atoms with van der Waals surface area (Å²) in [6.07, 6.45) is 0.883. The molecule has 0 aliphatic rings. The summed E-state index contributed by atoms with van der Waals surface area (Å²) in [6, 6.07) is 0. The van der Waals surface area contributed by atoms with Gasteiger partial charge in [-0.3, -0.25) is 0 Å². The van der Waals surface area contributed by atoms with Crippen molar-refractivity contribution in [2.75, 3.05) is 0 Å². The topological polar surface area (TPSA) is 50.9 Å². The van der Waals surface area contributed by atoms with Crippen LogP contribution in [0.25, 0.3) is 0 Å². The second-order valence-electron chi connectivity index (χ2n) is 7.17. The molecule has 0 spiro atoms. The molecular weight excluding hydrogens is 226 g/mol. The molecule has 0 radical (unpaired) electrons. The molecule has 0 saturated heterocycles. The first-order valence-electron chi connectivity index (χ1n) is 6.62. The maximum atomic E-state index is 9.37. The number of hydrogen-bond acceptors (Lipinski definition) is 3. The maximum Gasteiger partial charge on any atom is 0.159 e. The molecule has 1 aromatic rings. The van der Waals surface area contributed by atoms with Gasteiger partial charge in [0.1, 0.15) is 12.4 Å². The quantitative estimate of drug-likeness (QED) is 0.901. The first-order chi connectivity index (χ1) is 8.07. The molecule has 0 aliphatic carbocycles. The molecule has 1 atom stereocenters. The van der Waals surface area contributed by atoms with Gasteiger partial charge in [-0.15, -0.1) is 10.2 Å². The van der Waals surface area contributed by atoms with E-state index in [1.165, 1.54) is 0 Å². The molecule has 4 nitrogen and oxygen atoms in total. The fourth-order valence-electron chi connectivity index (χ4n) is 1.94. The van der Waals surface area contributed by atoms with Gasteiger partial charge >= 0.3 is 0 Å². The normalized spacial score (nSPS) is 14.9. The van der Waals surface area contributed by atoms with Crippen molar-refractivity contribution in [2.45, 2.75) is 67.0 Å². The predicted molar refractivity (Wildman–Crippen MR) is 73.3 cm³/mol. The van der Waals surface area contributed by atoms with E-state index in [-0.39, 0.29) is 17.6 Å². The second kappa shape index (κ2) is 5.00. The van der Waals surface area contributed by atoms with E-state index in [4.69, 9.17) is 0 Å². The predicted octanol–water partition coefficient (Wildman–Crippen LogP) is 2.75. The van der Waals surface area contributed by atoms with Crippen LogP contribution in [0.3, 0.4) is 0 Å². The van der Waals surface area contributed by atoms with Crippen molar-refractivity contribution in [3.63, 3.8) is 0 Å². The first-order valence-corrected chi connectivity index (χ1v) is 6.62. The lowest BCUT2D eigenvalue weighted by atomic mass is 9.80. The van der Waals surface area contributed by atoms with Crippen LogP contribution in [0, 0.1) is 11.3 Å². The van der Waals surface area contributed by atoms with E-state index in [0.717, 1.165) is 12.2 Å². The van der Waals surface area contributed by atoms with Gasteiger partial charge in [0.05, 0.1) is 0 Å². The Morgan fingerprint density at radius 3 is 1.94 bits per heavy atom. The van der Waals surface area contributed by atoms with E-state index < -0.39 is 0 Å². The van der Waals surface area contributed by atoms with Gasteiger partial charge in [-0.25, -0.2) is 0 Å². The van der Waals surface area contributed by atoms with Crippen LogP contribution in [0.1, 0.15) is 60.1 Å². The number of hydrogen-bond donors (Lipinski definition) is 1. The minimum atomic E-state index is -0.103. The zero-order valence-corrected chi connectivity index (χ0v) is 12.8. The van der Waals surface area contributed by atoms with E-state index in [2.05, 4.69) is 63.2 Å². The van der Waals surface area contributed by atoms with E-state index in [0.29, 0.717) is 11.7 Å². The maximum absolute atomic E-state index is 9.37. The highest BCUT2D eigenvalue weighted by Gasteiger charge is 2.27. The molecule has 1 heterocycles. The molecule has 4 heteroatoms. The Morgan fingerprint density at radius 1 is 1.06 bits per heavy atom. The van der Waals surface area contributed by atoms with Crippen LogP contribution in [-0.2, 0) is 18.6 Å². The van der Waals surface area contributed by atoms with Crippen molar-refractivity contribution in [3.05, 3.63) is 11.6 Å². The van der Waals surface area contributed by atoms with Crippen molar-refractivity contribution in [3.8, 4) is 0 Å². The molecule has 0 aliphatic heterocycles. The number of aromatic nitrogens is 3. The summed E-state index contributed by atoms with van der Waals surface area (Å²) < 4.78 is 2.06. The molecule has 1 unspecified atom stereocenters. The Balaban J connectivity index is 3.08. The van der Waals surface area contributed by atoms with Crippen LogP contribution >= 0.6 is 0 Å². The highest BCUT2D eigenvalue weighted by molar-refractivity contribution is 5.02. The van der Waals surface area contributed by atoms with E-state index >= 15 is 0 Å². The van der Waals surface area contributed by atoms with E-state index in [1.54, 1.807) is 0 Å². The van der Waals surface area contributed by atoms with Crippen LogP contribution in [0.2, 0.25) is 0 Å². The number of aliphatic hydroxyl groups is 1. The second-order valence-corrected chi connectivity index (χ2v) is 7.17. The smallest absolute Gasteiger partial charge is 0.159 e. The lowest BCUT2D eigenvalue weighted by molar-refractivity contribution is 0.235. The van der Waals surface area contributed by atoms with Crippen LogP contribution in [-0.4, -0.2) is 19.9 Å². The average Bonchev–Trinajstić information content (AvgIpc) is 2.58. The molecule has 0 amide bonds. The van der Waals surface area contributed by atoms with Gasteiger partial charge in [0.15, 0.2) is 5.82 Å². The van der Waals surface area contributed by atoms with Gasteiger partial charge in [0, 0.05) is 12.0 Å². The molecule has 1 aromatic heterocycles. The summed E-state index contributed by atoms with van der Waals surface area (Å²) in [5, 5.41) is 17.7. The highest BCUT2D eigenvalue weighted by atomic mass is 16.3. The first kappa shape index (κ1) is 15.2. The molecule has 1 rings (SSSR count). The van der Waals surface area contributed by atoms with Gasteiger partial charge in [-0.1, -0.05) is 27.7 Å². The van der Waals surface area contributed by atoms with Gasteiger partial charge in [0.2, 0.25) is 0 Å². The third kappa shape index (κ3) is 3.31. The van der Waals surface area contributed by atoms with E-state index in [1.807, 2.05) is 0 Å². The van der Waals surface area contributed by atoms with Crippen molar-refractivity contribution in [1.82, 2.24) is 14.8 Å². The van der Waals surface area contributed by atoms with Crippen LogP contribution < -0.4 is 0 Å². The minimum absolute atomic E-state index is 0.0613. The lowest BCUT2D eigenvalue weighted by Gasteiger charge is -2.29. The van der Waals surface area contributed by atoms with Crippen LogP contribution in [0.4, 0.5) is 0 Å². The third-order valence-electron chi connectivity index (χ3n) is 3.58. The van der Waals surface area contributed by atoms with Gasteiger partial charge in [-0.2, -0.15) is 0 Å². The fraction of sp³-hybridized carbons (Fsp3) is 0.857. The fourth-order valence-corrected chi connectivity index (χ4v) is 1.94. The number of nitrogens with zero attached hydrogens (tertiary/aromatic N) is 3. The Morgan fingerprint density at radius 2 is 1.56 bits per heavy atom.